The molecule has 1 saturated heterocycles. The Morgan fingerprint density at radius 3 is 2.70 bits per heavy atom. The SMILES string of the molecule is C=C(Cc1cc(Cl)c(NC(=O)c2coc3ccccc23)cc1Cl)N1CC(C)CC1CCC1CCCCC1. The predicted octanol–water partition coefficient (Wildman–Crippen LogP) is 9.12. The summed E-state index contributed by atoms with van der Waals surface area (Å²) in [5.74, 6) is 1.28. The molecule has 3 aromatic rings. The van der Waals surface area contributed by atoms with Crippen molar-refractivity contribution in [2.45, 2.75) is 70.8 Å². The highest BCUT2D eigenvalue weighted by Crippen LogP contribution is 2.36. The summed E-state index contributed by atoms with van der Waals surface area (Å²) < 4.78 is 5.51. The van der Waals surface area contributed by atoms with E-state index in [-0.39, 0.29) is 5.91 Å². The van der Waals surface area contributed by atoms with Gasteiger partial charge in [-0.15, -0.1) is 0 Å². The van der Waals surface area contributed by atoms with E-state index in [1.165, 1.54) is 57.6 Å². The molecule has 0 bridgehead atoms. The Morgan fingerprint density at radius 1 is 1.11 bits per heavy atom. The molecule has 2 unspecified atom stereocenters. The highest BCUT2D eigenvalue weighted by molar-refractivity contribution is 6.36. The largest absolute Gasteiger partial charge is 0.463 e. The Morgan fingerprint density at radius 2 is 1.89 bits per heavy atom. The number of carbonyl (C=O) groups excluding carboxylic acids is 1. The van der Waals surface area contributed by atoms with E-state index < -0.39 is 0 Å². The summed E-state index contributed by atoms with van der Waals surface area (Å²) in [6, 6.07) is 11.6. The van der Waals surface area contributed by atoms with Crippen LogP contribution in [0.25, 0.3) is 11.0 Å². The summed E-state index contributed by atoms with van der Waals surface area (Å²) >= 11 is 13.3. The van der Waals surface area contributed by atoms with Gasteiger partial charge in [-0.3, -0.25) is 4.79 Å². The first kappa shape index (κ1) is 26.2. The van der Waals surface area contributed by atoms with Gasteiger partial charge in [0.05, 0.1) is 16.3 Å². The Balaban J connectivity index is 1.24. The van der Waals surface area contributed by atoms with Gasteiger partial charge >= 0.3 is 0 Å². The summed E-state index contributed by atoms with van der Waals surface area (Å²) in [5, 5.41) is 4.68. The van der Waals surface area contributed by atoms with Crippen molar-refractivity contribution >= 4 is 45.8 Å². The molecule has 1 N–H and O–H groups in total. The third-order valence-corrected chi connectivity index (χ3v) is 8.83. The number of hydrogen-bond donors (Lipinski definition) is 1. The van der Waals surface area contributed by atoms with E-state index in [0.717, 1.165) is 29.1 Å². The highest BCUT2D eigenvalue weighted by Gasteiger charge is 2.31. The van der Waals surface area contributed by atoms with Crippen LogP contribution in [0, 0.1) is 11.8 Å². The zero-order valence-electron chi connectivity index (χ0n) is 21.6. The third-order valence-electron chi connectivity index (χ3n) is 8.17. The van der Waals surface area contributed by atoms with Crippen LogP contribution in [0.15, 0.2) is 59.4 Å². The zero-order chi connectivity index (χ0) is 25.9. The van der Waals surface area contributed by atoms with Gasteiger partial charge in [-0.2, -0.15) is 0 Å². The number of furan rings is 1. The fourth-order valence-electron chi connectivity index (χ4n) is 6.20. The van der Waals surface area contributed by atoms with Gasteiger partial charge in [0.25, 0.3) is 5.91 Å². The molecule has 0 radical (unpaired) electrons. The molecular formula is C31H36Cl2N2O2. The topological polar surface area (TPSA) is 45.5 Å². The maximum Gasteiger partial charge on any atom is 0.259 e. The molecule has 1 saturated carbocycles. The van der Waals surface area contributed by atoms with Crippen molar-refractivity contribution in [3.63, 3.8) is 0 Å². The first-order valence-corrected chi connectivity index (χ1v) is 14.3. The van der Waals surface area contributed by atoms with Gasteiger partial charge in [0.1, 0.15) is 11.8 Å². The van der Waals surface area contributed by atoms with Crippen molar-refractivity contribution in [2.24, 2.45) is 11.8 Å². The monoisotopic (exact) mass is 538 g/mol. The minimum absolute atomic E-state index is 0.285. The number of carbonyl (C=O) groups is 1. The number of anilines is 1. The van der Waals surface area contributed by atoms with Crippen LogP contribution < -0.4 is 5.32 Å². The van der Waals surface area contributed by atoms with E-state index in [9.17, 15) is 4.79 Å². The number of nitrogens with one attached hydrogen (secondary N) is 1. The molecule has 196 valence electrons. The summed E-state index contributed by atoms with van der Waals surface area (Å²) in [6.07, 6.45) is 12.9. The van der Waals surface area contributed by atoms with E-state index in [1.807, 2.05) is 30.3 Å². The zero-order valence-corrected chi connectivity index (χ0v) is 23.1. The van der Waals surface area contributed by atoms with Crippen molar-refractivity contribution in [3.05, 3.63) is 76.1 Å². The summed E-state index contributed by atoms with van der Waals surface area (Å²) in [6.45, 7) is 7.85. The van der Waals surface area contributed by atoms with E-state index in [0.29, 0.717) is 45.3 Å². The molecule has 4 nitrogen and oxygen atoms in total. The molecule has 2 heterocycles. The summed E-state index contributed by atoms with van der Waals surface area (Å²) in [4.78, 5) is 15.4. The molecule has 2 atom stereocenters. The van der Waals surface area contributed by atoms with Gasteiger partial charge in [-0.1, -0.05) is 87.0 Å². The first-order chi connectivity index (χ1) is 17.9. The molecular weight excluding hydrogens is 503 g/mol. The standard InChI is InChI=1S/C31H36Cl2N2O2/c1-20-14-24(13-12-22-8-4-3-5-9-22)35(18-20)21(2)15-23-16-28(33)29(17-27(23)32)34-31(36)26-19-37-30-11-7-6-10-25(26)30/h6-7,10-11,16-17,19-20,22,24H,2-5,8-9,12-15,18H2,1H3,(H,34,36). The number of allylic oxidation sites excluding steroid dienone is 1. The molecule has 1 aromatic heterocycles. The number of rotatable bonds is 8. The van der Waals surface area contributed by atoms with Crippen LogP contribution in [-0.2, 0) is 6.42 Å². The smallest absolute Gasteiger partial charge is 0.259 e. The molecule has 1 aliphatic heterocycles. The summed E-state index contributed by atoms with van der Waals surface area (Å²) in [5.41, 5.74) is 3.63. The minimum Gasteiger partial charge on any atom is -0.463 e. The van der Waals surface area contributed by atoms with E-state index in [4.69, 9.17) is 27.6 Å². The molecule has 1 amide bonds. The van der Waals surface area contributed by atoms with Gasteiger partial charge in [-0.05, 0) is 54.9 Å². The Labute approximate surface area is 230 Å². The lowest BCUT2D eigenvalue weighted by Gasteiger charge is -2.31. The molecule has 5 rings (SSSR count). The van der Waals surface area contributed by atoms with Gasteiger partial charge in [0, 0.05) is 35.1 Å². The third kappa shape index (κ3) is 6.02. The maximum absolute atomic E-state index is 12.9. The van der Waals surface area contributed by atoms with Crippen molar-refractivity contribution in [3.8, 4) is 0 Å². The van der Waals surface area contributed by atoms with E-state index in [1.54, 1.807) is 6.07 Å². The number of nitrogens with zero attached hydrogens (tertiary/aromatic N) is 1. The van der Waals surface area contributed by atoms with Gasteiger partial charge in [-0.25, -0.2) is 0 Å². The number of hydrogen-bond acceptors (Lipinski definition) is 3. The quantitative estimate of drug-likeness (QED) is 0.311. The molecule has 37 heavy (non-hydrogen) atoms. The molecule has 2 aliphatic rings. The predicted molar refractivity (Wildman–Crippen MR) is 154 cm³/mol. The molecule has 6 heteroatoms. The Bertz CT molecular complexity index is 1280. The number of halogens is 2. The van der Waals surface area contributed by atoms with Crippen molar-refractivity contribution in [1.82, 2.24) is 4.90 Å². The van der Waals surface area contributed by atoms with Gasteiger partial charge in [0.15, 0.2) is 0 Å². The Kier molecular flexibility index (Phi) is 8.16. The lowest BCUT2D eigenvalue weighted by Crippen LogP contribution is -2.30. The van der Waals surface area contributed by atoms with Crippen LogP contribution in [0.5, 0.6) is 0 Å². The average Bonchev–Trinajstić information content (AvgIpc) is 3.50. The fraction of sp³-hybridized carbons (Fsp3) is 0.452. The van der Waals surface area contributed by atoms with Crippen molar-refractivity contribution < 1.29 is 9.21 Å². The highest BCUT2D eigenvalue weighted by atomic mass is 35.5. The van der Waals surface area contributed by atoms with Crippen LogP contribution in [0.1, 0.15) is 74.2 Å². The molecule has 1 aliphatic carbocycles. The minimum atomic E-state index is -0.285. The number of likely N-dealkylation sites (tertiary alicyclic amines) is 1. The fourth-order valence-corrected chi connectivity index (χ4v) is 6.66. The van der Waals surface area contributed by atoms with E-state index >= 15 is 0 Å². The molecule has 2 fully saturated rings. The molecule has 2 aromatic carbocycles. The average molecular weight is 540 g/mol. The van der Waals surface area contributed by atoms with Crippen LogP contribution in [0.3, 0.4) is 0 Å². The van der Waals surface area contributed by atoms with E-state index in [2.05, 4.69) is 23.7 Å². The lowest BCUT2D eigenvalue weighted by atomic mass is 9.85. The van der Waals surface area contributed by atoms with Gasteiger partial charge < -0.3 is 14.6 Å². The Hall–Kier alpha value is -2.43. The van der Waals surface area contributed by atoms with Crippen LogP contribution in [0.2, 0.25) is 10.0 Å². The molecule has 0 spiro atoms. The van der Waals surface area contributed by atoms with Gasteiger partial charge in [0.2, 0.25) is 0 Å². The normalized spacial score (nSPS) is 20.5. The number of benzene rings is 2. The second-order valence-electron chi connectivity index (χ2n) is 11.0. The summed E-state index contributed by atoms with van der Waals surface area (Å²) in [7, 11) is 0. The number of amides is 1. The first-order valence-electron chi connectivity index (χ1n) is 13.6. The second-order valence-corrected chi connectivity index (χ2v) is 11.8. The van der Waals surface area contributed by atoms with Crippen LogP contribution >= 0.6 is 23.2 Å². The van der Waals surface area contributed by atoms with Crippen LogP contribution in [-0.4, -0.2) is 23.4 Å². The number of fused-ring (bicyclic) bond motifs is 1. The van der Waals surface area contributed by atoms with Crippen molar-refractivity contribution in [2.75, 3.05) is 11.9 Å². The second kappa shape index (κ2) is 11.5. The lowest BCUT2D eigenvalue weighted by molar-refractivity contribution is 0.102. The number of para-hydroxylation sites is 1. The van der Waals surface area contributed by atoms with Crippen LogP contribution in [0.4, 0.5) is 5.69 Å². The maximum atomic E-state index is 12.9. The van der Waals surface area contributed by atoms with Crippen molar-refractivity contribution in [1.29, 1.82) is 0 Å².